The molecule has 0 aliphatic rings. The van der Waals surface area contributed by atoms with E-state index in [0.29, 0.717) is 6.61 Å². The Bertz CT molecular complexity index is 541. The Morgan fingerprint density at radius 1 is 1.26 bits per heavy atom. The molecule has 1 heterocycles. The second-order valence-corrected chi connectivity index (χ2v) is 5.25. The number of benzene rings is 1. The van der Waals surface area contributed by atoms with E-state index < -0.39 is 0 Å². The number of hydrogen-bond acceptors (Lipinski definition) is 5. The van der Waals surface area contributed by atoms with Crippen LogP contribution in [0, 0.1) is 13.8 Å². The Morgan fingerprint density at radius 3 is 2.84 bits per heavy atom. The molecule has 102 valence electrons. The van der Waals surface area contributed by atoms with E-state index in [9.17, 15) is 0 Å². The third-order valence-electron chi connectivity index (χ3n) is 2.84. The average Bonchev–Trinajstić information content (AvgIpc) is 2.86. The molecule has 1 aromatic carbocycles. The molecule has 19 heavy (non-hydrogen) atoms. The van der Waals surface area contributed by atoms with Crippen LogP contribution in [-0.2, 0) is 4.74 Å². The minimum atomic E-state index is 0.709. The van der Waals surface area contributed by atoms with Gasteiger partial charge in [-0.2, -0.15) is 4.68 Å². The van der Waals surface area contributed by atoms with Gasteiger partial charge in [0.1, 0.15) is 0 Å². The lowest BCUT2D eigenvalue weighted by Gasteiger charge is -2.06. The zero-order chi connectivity index (χ0) is 13.7. The van der Waals surface area contributed by atoms with Gasteiger partial charge in [-0.3, -0.25) is 0 Å². The molecule has 5 nitrogen and oxygen atoms in total. The summed E-state index contributed by atoms with van der Waals surface area (Å²) in [6.45, 7) is 7.62. The number of aryl methyl sites for hydroxylation is 2. The largest absolute Gasteiger partial charge is 0.381 e. The van der Waals surface area contributed by atoms with Crippen LogP contribution in [0.5, 0.6) is 0 Å². The molecule has 0 saturated carbocycles. The summed E-state index contributed by atoms with van der Waals surface area (Å²) >= 11 is 1.60. The lowest BCUT2D eigenvalue weighted by Crippen LogP contribution is -2.02. The lowest BCUT2D eigenvalue weighted by molar-refractivity contribution is 0.164. The van der Waals surface area contributed by atoms with Gasteiger partial charge in [0.05, 0.1) is 12.3 Å². The van der Waals surface area contributed by atoms with E-state index in [0.717, 1.165) is 23.2 Å². The quantitative estimate of drug-likeness (QED) is 0.600. The normalized spacial score (nSPS) is 10.9. The van der Waals surface area contributed by atoms with Crippen LogP contribution in [0.4, 0.5) is 0 Å². The zero-order valence-corrected chi connectivity index (χ0v) is 12.3. The molecule has 0 saturated heterocycles. The van der Waals surface area contributed by atoms with Gasteiger partial charge in [0.2, 0.25) is 5.16 Å². The van der Waals surface area contributed by atoms with Crippen LogP contribution in [0.1, 0.15) is 18.1 Å². The molecule has 0 radical (unpaired) electrons. The number of nitrogens with zero attached hydrogens (tertiary/aromatic N) is 4. The second kappa shape index (κ2) is 6.68. The van der Waals surface area contributed by atoms with Crippen molar-refractivity contribution in [3.8, 4) is 5.69 Å². The molecule has 6 heteroatoms. The summed E-state index contributed by atoms with van der Waals surface area (Å²) in [5, 5.41) is 12.6. The number of tetrazole rings is 1. The minimum Gasteiger partial charge on any atom is -0.381 e. The van der Waals surface area contributed by atoms with E-state index in [1.807, 2.05) is 13.0 Å². The summed E-state index contributed by atoms with van der Waals surface area (Å²) < 4.78 is 7.08. The first-order chi connectivity index (χ1) is 9.22. The van der Waals surface area contributed by atoms with Crippen molar-refractivity contribution >= 4 is 11.8 Å². The molecule has 2 aromatic rings. The van der Waals surface area contributed by atoms with E-state index in [-0.39, 0.29) is 0 Å². The van der Waals surface area contributed by atoms with E-state index in [4.69, 9.17) is 4.74 Å². The van der Waals surface area contributed by atoms with Gasteiger partial charge in [-0.05, 0) is 54.5 Å². The van der Waals surface area contributed by atoms with Crippen LogP contribution in [-0.4, -0.2) is 39.2 Å². The van der Waals surface area contributed by atoms with E-state index in [2.05, 4.69) is 41.5 Å². The third kappa shape index (κ3) is 3.54. The van der Waals surface area contributed by atoms with Crippen LogP contribution in [0.15, 0.2) is 23.4 Å². The predicted molar refractivity (Wildman–Crippen MR) is 75.8 cm³/mol. The summed E-state index contributed by atoms with van der Waals surface area (Å²) in [4.78, 5) is 0. The average molecular weight is 278 g/mol. The Hall–Kier alpha value is -1.40. The standard InChI is InChI=1S/C13H18N4OS/c1-4-18-7-8-19-13-14-15-16-17(13)12-6-5-10(2)11(3)9-12/h5-6,9H,4,7-8H2,1-3H3. The number of rotatable bonds is 6. The highest BCUT2D eigenvalue weighted by Crippen LogP contribution is 2.19. The first-order valence-corrected chi connectivity index (χ1v) is 7.27. The SMILES string of the molecule is CCOCCSc1nnnn1-c1ccc(C)c(C)c1. The summed E-state index contributed by atoms with van der Waals surface area (Å²) in [6.07, 6.45) is 0. The molecule has 0 N–H and O–H groups in total. The van der Waals surface area contributed by atoms with Crippen molar-refractivity contribution in [2.24, 2.45) is 0 Å². The van der Waals surface area contributed by atoms with Crippen molar-refractivity contribution in [1.82, 2.24) is 20.2 Å². The van der Waals surface area contributed by atoms with Crippen LogP contribution in [0.2, 0.25) is 0 Å². The number of aromatic nitrogens is 4. The lowest BCUT2D eigenvalue weighted by atomic mass is 10.1. The molecule has 0 spiro atoms. The number of thioether (sulfide) groups is 1. The van der Waals surface area contributed by atoms with Gasteiger partial charge in [0, 0.05) is 12.4 Å². The fourth-order valence-electron chi connectivity index (χ4n) is 1.62. The summed E-state index contributed by atoms with van der Waals surface area (Å²) in [7, 11) is 0. The number of hydrogen-bond donors (Lipinski definition) is 0. The van der Waals surface area contributed by atoms with Gasteiger partial charge < -0.3 is 4.74 Å². The monoisotopic (exact) mass is 278 g/mol. The Labute approximate surface area is 117 Å². The molecule has 0 amide bonds. The van der Waals surface area contributed by atoms with Gasteiger partial charge in [0.15, 0.2) is 0 Å². The van der Waals surface area contributed by atoms with Crippen molar-refractivity contribution in [1.29, 1.82) is 0 Å². The molecule has 0 unspecified atom stereocenters. The minimum absolute atomic E-state index is 0.709. The molecule has 0 bridgehead atoms. The Balaban J connectivity index is 2.12. The predicted octanol–water partition coefficient (Wildman–Crippen LogP) is 2.41. The molecular formula is C13H18N4OS. The highest BCUT2D eigenvalue weighted by atomic mass is 32.2. The summed E-state index contributed by atoms with van der Waals surface area (Å²) in [6, 6.07) is 6.21. The van der Waals surface area contributed by atoms with Crippen LogP contribution < -0.4 is 0 Å². The Morgan fingerprint density at radius 2 is 2.11 bits per heavy atom. The molecule has 1 aromatic heterocycles. The van der Waals surface area contributed by atoms with Gasteiger partial charge >= 0.3 is 0 Å². The maximum atomic E-state index is 5.31. The van der Waals surface area contributed by atoms with Crippen LogP contribution >= 0.6 is 11.8 Å². The third-order valence-corrected chi connectivity index (χ3v) is 3.72. The van der Waals surface area contributed by atoms with E-state index in [1.54, 1.807) is 16.4 Å². The summed E-state index contributed by atoms with van der Waals surface area (Å²) in [5.41, 5.74) is 3.49. The fourth-order valence-corrected chi connectivity index (χ4v) is 2.37. The molecular weight excluding hydrogens is 260 g/mol. The molecule has 0 aliphatic heterocycles. The zero-order valence-electron chi connectivity index (χ0n) is 11.5. The van der Waals surface area contributed by atoms with Gasteiger partial charge in [0.25, 0.3) is 0 Å². The van der Waals surface area contributed by atoms with Crippen molar-refractivity contribution in [2.75, 3.05) is 19.0 Å². The first kappa shape index (κ1) is 14.0. The molecule has 0 fully saturated rings. The maximum Gasteiger partial charge on any atom is 0.214 e. The molecule has 0 atom stereocenters. The highest BCUT2D eigenvalue weighted by Gasteiger charge is 2.09. The fraction of sp³-hybridized carbons (Fsp3) is 0.462. The number of ether oxygens (including phenoxy) is 1. The molecule has 2 rings (SSSR count). The first-order valence-electron chi connectivity index (χ1n) is 6.29. The van der Waals surface area contributed by atoms with E-state index >= 15 is 0 Å². The van der Waals surface area contributed by atoms with E-state index in [1.165, 1.54) is 11.1 Å². The second-order valence-electron chi connectivity index (χ2n) is 4.19. The molecule has 0 aliphatic carbocycles. The summed E-state index contributed by atoms with van der Waals surface area (Å²) in [5.74, 6) is 0.846. The maximum absolute atomic E-state index is 5.31. The van der Waals surface area contributed by atoms with Gasteiger partial charge in [-0.15, -0.1) is 5.10 Å². The van der Waals surface area contributed by atoms with Crippen LogP contribution in [0.25, 0.3) is 5.69 Å². The van der Waals surface area contributed by atoms with Crippen molar-refractivity contribution in [2.45, 2.75) is 25.9 Å². The van der Waals surface area contributed by atoms with Gasteiger partial charge in [-0.1, -0.05) is 17.8 Å². The Kier molecular flexibility index (Phi) is 4.93. The smallest absolute Gasteiger partial charge is 0.214 e. The van der Waals surface area contributed by atoms with Crippen molar-refractivity contribution in [3.63, 3.8) is 0 Å². The van der Waals surface area contributed by atoms with Crippen molar-refractivity contribution in [3.05, 3.63) is 29.3 Å². The highest BCUT2D eigenvalue weighted by molar-refractivity contribution is 7.99. The van der Waals surface area contributed by atoms with Gasteiger partial charge in [-0.25, -0.2) is 0 Å². The van der Waals surface area contributed by atoms with Crippen LogP contribution in [0.3, 0.4) is 0 Å². The topological polar surface area (TPSA) is 52.8 Å². The van der Waals surface area contributed by atoms with Crippen molar-refractivity contribution < 1.29 is 4.74 Å².